The number of para-hydroxylation sites is 1. The van der Waals surface area contributed by atoms with Gasteiger partial charge < -0.3 is 14.4 Å². The van der Waals surface area contributed by atoms with Crippen molar-refractivity contribution >= 4 is 23.3 Å². The number of anilines is 1. The van der Waals surface area contributed by atoms with Gasteiger partial charge in [0.15, 0.2) is 11.2 Å². The minimum atomic E-state index is -0.553. The van der Waals surface area contributed by atoms with E-state index >= 15 is 0 Å². The van der Waals surface area contributed by atoms with Crippen LogP contribution in [0.1, 0.15) is 5.56 Å². The second-order valence-electron chi connectivity index (χ2n) is 5.50. The van der Waals surface area contributed by atoms with Crippen LogP contribution >= 0.6 is 0 Å². The van der Waals surface area contributed by atoms with E-state index in [2.05, 4.69) is 20.5 Å². The van der Waals surface area contributed by atoms with Gasteiger partial charge in [0, 0.05) is 26.3 Å². The molecule has 3 rings (SSSR count). The number of methoxy groups -OCH3 is 1. The van der Waals surface area contributed by atoms with Crippen LogP contribution in [0.5, 0.6) is 5.75 Å². The predicted molar refractivity (Wildman–Crippen MR) is 96.8 cm³/mol. The lowest BCUT2D eigenvalue weighted by molar-refractivity contribution is 0.188. The van der Waals surface area contributed by atoms with E-state index in [-0.39, 0.29) is 22.9 Å². The number of fused-ring (bicyclic) bond motifs is 1. The largest absolute Gasteiger partial charge is 0.507 e. The highest BCUT2D eigenvalue weighted by Crippen LogP contribution is 2.16. The maximum atomic E-state index is 12.2. The smallest absolute Gasteiger partial charge is 0.329 e. The second kappa shape index (κ2) is 7.23. The average Bonchev–Trinajstić information content (AvgIpc) is 2.99. The van der Waals surface area contributed by atoms with Gasteiger partial charge >= 0.3 is 5.69 Å². The summed E-state index contributed by atoms with van der Waals surface area (Å²) in [6.07, 6.45) is 1.43. The Morgan fingerprint density at radius 2 is 2.15 bits per heavy atom. The molecule has 3 N–H and O–H groups in total. The van der Waals surface area contributed by atoms with E-state index in [0.29, 0.717) is 18.7 Å². The van der Waals surface area contributed by atoms with Crippen molar-refractivity contribution in [2.75, 3.05) is 19.1 Å². The minimum Gasteiger partial charge on any atom is -0.507 e. The Kier molecular flexibility index (Phi) is 4.85. The molecule has 10 heteroatoms. The number of nitrogens with one attached hydrogen (secondary N) is 2. The van der Waals surface area contributed by atoms with E-state index in [1.165, 1.54) is 17.8 Å². The fourth-order valence-corrected chi connectivity index (χ4v) is 2.48. The van der Waals surface area contributed by atoms with Gasteiger partial charge in [-0.3, -0.25) is 14.3 Å². The van der Waals surface area contributed by atoms with Crippen LogP contribution in [0, 0.1) is 0 Å². The van der Waals surface area contributed by atoms with Gasteiger partial charge in [-0.2, -0.15) is 10.1 Å². The fraction of sp³-hybridized carbons (Fsp3) is 0.250. The van der Waals surface area contributed by atoms with Gasteiger partial charge in [0.05, 0.1) is 12.8 Å². The number of aryl methyl sites for hydroxylation is 1. The maximum absolute atomic E-state index is 12.2. The molecule has 0 aliphatic heterocycles. The Morgan fingerprint density at radius 1 is 1.38 bits per heavy atom. The van der Waals surface area contributed by atoms with Crippen molar-refractivity contribution in [2.24, 2.45) is 12.1 Å². The van der Waals surface area contributed by atoms with E-state index in [1.54, 1.807) is 35.9 Å². The highest BCUT2D eigenvalue weighted by atomic mass is 16.5. The first-order valence-electron chi connectivity index (χ1n) is 7.78. The quantitative estimate of drug-likeness (QED) is 0.427. The molecule has 0 aliphatic carbocycles. The molecule has 2 aromatic heterocycles. The van der Waals surface area contributed by atoms with Gasteiger partial charge in [0.2, 0.25) is 5.95 Å². The van der Waals surface area contributed by atoms with Gasteiger partial charge in [-0.25, -0.2) is 10.2 Å². The van der Waals surface area contributed by atoms with E-state index < -0.39 is 11.2 Å². The Hall–Kier alpha value is -3.40. The average molecular weight is 358 g/mol. The zero-order valence-corrected chi connectivity index (χ0v) is 14.3. The molecule has 136 valence electrons. The summed E-state index contributed by atoms with van der Waals surface area (Å²) in [5, 5.41) is 13.8. The molecular formula is C16H18N6O4. The number of imidazole rings is 1. The molecule has 0 atom stereocenters. The molecule has 2 heterocycles. The molecule has 10 nitrogen and oxygen atoms in total. The Morgan fingerprint density at radius 3 is 2.88 bits per heavy atom. The lowest BCUT2D eigenvalue weighted by atomic mass is 10.2. The highest BCUT2D eigenvalue weighted by Gasteiger charge is 2.16. The molecule has 3 aromatic rings. The molecule has 0 bridgehead atoms. The number of rotatable bonds is 6. The Labute approximate surface area is 147 Å². The van der Waals surface area contributed by atoms with Crippen LogP contribution in [0.4, 0.5) is 5.95 Å². The summed E-state index contributed by atoms with van der Waals surface area (Å²) in [5.41, 5.74) is 2.65. The monoisotopic (exact) mass is 358 g/mol. The van der Waals surface area contributed by atoms with E-state index in [1.807, 2.05) is 0 Å². The van der Waals surface area contributed by atoms with Gasteiger partial charge in [-0.15, -0.1) is 0 Å². The van der Waals surface area contributed by atoms with Crippen molar-refractivity contribution in [1.29, 1.82) is 0 Å². The SMILES string of the molecule is COCCn1c(N/N=C/c2ccccc2O)nc2c1c(=O)[nH]c(=O)n2C. The molecule has 0 saturated carbocycles. The number of nitrogens with zero attached hydrogens (tertiary/aromatic N) is 4. The van der Waals surface area contributed by atoms with Gasteiger partial charge in [0.1, 0.15) is 5.75 Å². The highest BCUT2D eigenvalue weighted by molar-refractivity contribution is 5.83. The molecule has 0 amide bonds. The number of phenolic OH excluding ortho intramolecular Hbond substituents is 1. The first-order chi connectivity index (χ1) is 12.5. The molecule has 0 aliphatic rings. The zero-order chi connectivity index (χ0) is 18.7. The van der Waals surface area contributed by atoms with E-state index in [9.17, 15) is 14.7 Å². The van der Waals surface area contributed by atoms with E-state index in [4.69, 9.17) is 4.74 Å². The molecule has 0 radical (unpaired) electrons. The summed E-state index contributed by atoms with van der Waals surface area (Å²) in [7, 11) is 3.06. The lowest BCUT2D eigenvalue weighted by Crippen LogP contribution is -2.29. The molecular weight excluding hydrogens is 340 g/mol. The summed E-state index contributed by atoms with van der Waals surface area (Å²) in [6, 6.07) is 6.72. The number of ether oxygens (including phenoxy) is 1. The number of aromatic hydroxyl groups is 1. The Bertz CT molecular complexity index is 1080. The van der Waals surface area contributed by atoms with Crippen molar-refractivity contribution < 1.29 is 9.84 Å². The fourth-order valence-electron chi connectivity index (χ4n) is 2.48. The summed E-state index contributed by atoms with van der Waals surface area (Å²) < 4.78 is 7.90. The third kappa shape index (κ3) is 3.22. The molecule has 26 heavy (non-hydrogen) atoms. The van der Waals surface area contributed by atoms with E-state index in [0.717, 1.165) is 0 Å². The first-order valence-corrected chi connectivity index (χ1v) is 7.78. The number of phenols is 1. The summed E-state index contributed by atoms with van der Waals surface area (Å²) in [5.74, 6) is 0.361. The number of aromatic nitrogens is 4. The van der Waals surface area contributed by atoms with Gasteiger partial charge in [0.25, 0.3) is 5.56 Å². The summed E-state index contributed by atoms with van der Waals surface area (Å²) >= 11 is 0. The molecule has 0 unspecified atom stereocenters. The van der Waals surface area contributed by atoms with Crippen molar-refractivity contribution in [3.05, 3.63) is 50.7 Å². The zero-order valence-electron chi connectivity index (χ0n) is 14.3. The summed E-state index contributed by atoms with van der Waals surface area (Å²) in [6.45, 7) is 0.675. The summed E-state index contributed by atoms with van der Waals surface area (Å²) in [4.78, 5) is 30.6. The van der Waals surface area contributed by atoms with Gasteiger partial charge in [-0.05, 0) is 12.1 Å². The van der Waals surface area contributed by atoms with Crippen LogP contribution in [-0.4, -0.2) is 44.1 Å². The number of hydrazone groups is 1. The maximum Gasteiger partial charge on any atom is 0.329 e. The van der Waals surface area contributed by atoms with Crippen molar-refractivity contribution in [3.63, 3.8) is 0 Å². The van der Waals surface area contributed by atoms with Crippen LogP contribution in [0.15, 0.2) is 39.0 Å². The van der Waals surface area contributed by atoms with Gasteiger partial charge in [-0.1, -0.05) is 12.1 Å². The second-order valence-corrected chi connectivity index (χ2v) is 5.50. The number of H-pyrrole nitrogens is 1. The molecule has 0 fully saturated rings. The third-order valence-electron chi connectivity index (χ3n) is 3.83. The number of benzene rings is 1. The predicted octanol–water partition coefficient (Wildman–Crippen LogP) is 0.221. The number of hydrogen-bond donors (Lipinski definition) is 3. The lowest BCUT2D eigenvalue weighted by Gasteiger charge is -2.07. The van der Waals surface area contributed by atoms with Crippen LogP contribution in [-0.2, 0) is 18.3 Å². The normalized spacial score (nSPS) is 11.5. The topological polar surface area (TPSA) is 127 Å². The molecule has 1 aromatic carbocycles. The van der Waals surface area contributed by atoms with Crippen molar-refractivity contribution in [1.82, 2.24) is 19.1 Å². The Balaban J connectivity index is 2.03. The number of aromatic amines is 1. The number of hydrogen-bond acceptors (Lipinski definition) is 7. The standard InChI is InChI=1S/C16H18N6O4/c1-21-13-12(14(24)19-16(21)25)22(7-8-26-2)15(18-13)20-17-9-10-5-3-4-6-11(10)23/h3-6,9,23H,7-8H2,1-2H3,(H,18,20)(H,19,24,25)/b17-9+. The van der Waals surface area contributed by atoms with Crippen LogP contribution in [0.25, 0.3) is 11.2 Å². The van der Waals surface area contributed by atoms with Crippen LogP contribution < -0.4 is 16.7 Å². The van der Waals surface area contributed by atoms with Crippen molar-refractivity contribution in [3.8, 4) is 5.75 Å². The molecule has 0 spiro atoms. The third-order valence-corrected chi connectivity index (χ3v) is 3.83. The molecule has 0 saturated heterocycles. The van der Waals surface area contributed by atoms with Crippen LogP contribution in [0.3, 0.4) is 0 Å². The first kappa shape index (κ1) is 17.4. The van der Waals surface area contributed by atoms with Crippen molar-refractivity contribution in [2.45, 2.75) is 6.54 Å². The minimum absolute atomic E-state index is 0.0878. The van der Waals surface area contributed by atoms with Crippen LogP contribution in [0.2, 0.25) is 0 Å².